The number of nitrogens with one attached hydrogen (secondary N) is 1. The minimum absolute atomic E-state index is 0.0712. The zero-order chi connectivity index (χ0) is 19.5. The van der Waals surface area contributed by atoms with Gasteiger partial charge in [-0.25, -0.2) is 4.79 Å². The fraction of sp³-hybridized carbons (Fsp3) is 0.238. The van der Waals surface area contributed by atoms with E-state index in [1.54, 1.807) is 35.4 Å². The number of benzene rings is 2. The van der Waals surface area contributed by atoms with Crippen LogP contribution in [-0.2, 0) is 11.3 Å². The number of alkyl carbamates (subject to hydrolysis) is 1. The van der Waals surface area contributed by atoms with Crippen LogP contribution in [0, 0.1) is 0 Å². The Balaban J connectivity index is 1.66. The Morgan fingerprint density at radius 2 is 1.74 bits per heavy atom. The van der Waals surface area contributed by atoms with Crippen molar-refractivity contribution >= 4 is 11.9 Å². The van der Waals surface area contributed by atoms with E-state index in [-0.39, 0.29) is 12.4 Å². The first kappa shape index (κ1) is 20.0. The lowest BCUT2D eigenvalue weighted by molar-refractivity contribution is 0.104. The van der Waals surface area contributed by atoms with E-state index in [1.807, 2.05) is 44.4 Å². The van der Waals surface area contributed by atoms with Crippen LogP contribution in [0.15, 0.2) is 66.9 Å². The first-order valence-corrected chi connectivity index (χ1v) is 8.61. The minimum atomic E-state index is -0.490. The van der Waals surface area contributed by atoms with Gasteiger partial charge in [-0.3, -0.25) is 4.79 Å². The molecule has 0 aliphatic rings. The molecule has 0 aliphatic carbocycles. The monoisotopic (exact) mass is 368 g/mol. The Kier molecular flexibility index (Phi) is 7.91. The van der Waals surface area contributed by atoms with E-state index in [0.717, 1.165) is 5.56 Å². The SMILES string of the molecule is CN(C)C=CC(=O)c1ccc(OCCNC(=O)OCc2ccccc2)cc1. The smallest absolute Gasteiger partial charge is 0.407 e. The largest absolute Gasteiger partial charge is 0.492 e. The van der Waals surface area contributed by atoms with Crippen molar-refractivity contribution in [1.29, 1.82) is 0 Å². The molecule has 0 heterocycles. The van der Waals surface area contributed by atoms with Crippen molar-refractivity contribution in [2.45, 2.75) is 6.61 Å². The van der Waals surface area contributed by atoms with Crippen LogP contribution < -0.4 is 10.1 Å². The molecule has 142 valence electrons. The summed E-state index contributed by atoms with van der Waals surface area (Å²) < 4.78 is 10.7. The van der Waals surface area contributed by atoms with Crippen molar-refractivity contribution in [3.8, 4) is 5.75 Å². The van der Waals surface area contributed by atoms with E-state index >= 15 is 0 Å². The van der Waals surface area contributed by atoms with E-state index in [0.29, 0.717) is 24.5 Å². The first-order chi connectivity index (χ1) is 13.0. The number of ether oxygens (including phenoxy) is 2. The van der Waals surface area contributed by atoms with Crippen LogP contribution >= 0.6 is 0 Å². The minimum Gasteiger partial charge on any atom is -0.492 e. The van der Waals surface area contributed by atoms with Crippen molar-refractivity contribution in [2.24, 2.45) is 0 Å². The molecule has 1 amide bonds. The molecule has 1 N–H and O–H groups in total. The predicted molar refractivity (Wildman–Crippen MR) is 104 cm³/mol. The molecule has 0 atom stereocenters. The summed E-state index contributed by atoms with van der Waals surface area (Å²) in [4.78, 5) is 25.4. The van der Waals surface area contributed by atoms with Gasteiger partial charge in [0.15, 0.2) is 5.78 Å². The zero-order valence-electron chi connectivity index (χ0n) is 15.6. The lowest BCUT2D eigenvalue weighted by Crippen LogP contribution is -2.28. The summed E-state index contributed by atoms with van der Waals surface area (Å²) in [5.41, 5.74) is 1.52. The second-order valence-corrected chi connectivity index (χ2v) is 6.00. The normalized spacial score (nSPS) is 10.4. The van der Waals surface area contributed by atoms with Crippen LogP contribution in [0.5, 0.6) is 5.75 Å². The summed E-state index contributed by atoms with van der Waals surface area (Å²) >= 11 is 0. The lowest BCUT2D eigenvalue weighted by atomic mass is 10.1. The van der Waals surface area contributed by atoms with E-state index in [9.17, 15) is 9.59 Å². The molecule has 2 aromatic carbocycles. The van der Waals surface area contributed by atoms with Crippen molar-refractivity contribution in [2.75, 3.05) is 27.2 Å². The molecular weight excluding hydrogens is 344 g/mol. The van der Waals surface area contributed by atoms with Gasteiger partial charge in [-0.05, 0) is 29.8 Å². The van der Waals surface area contributed by atoms with E-state index in [2.05, 4.69) is 5.32 Å². The lowest BCUT2D eigenvalue weighted by Gasteiger charge is -2.09. The number of amides is 1. The van der Waals surface area contributed by atoms with Gasteiger partial charge in [0, 0.05) is 31.9 Å². The van der Waals surface area contributed by atoms with E-state index in [4.69, 9.17) is 9.47 Å². The van der Waals surface area contributed by atoms with Crippen LogP contribution in [0.1, 0.15) is 15.9 Å². The second-order valence-electron chi connectivity index (χ2n) is 6.00. The quantitative estimate of drug-likeness (QED) is 0.418. The summed E-state index contributed by atoms with van der Waals surface area (Å²) in [7, 11) is 3.71. The van der Waals surface area contributed by atoms with Crippen molar-refractivity contribution in [1.82, 2.24) is 10.2 Å². The number of allylic oxidation sites excluding steroid dienone is 1. The van der Waals surface area contributed by atoms with Crippen LogP contribution in [-0.4, -0.2) is 44.0 Å². The topological polar surface area (TPSA) is 67.9 Å². The fourth-order valence-electron chi connectivity index (χ4n) is 2.12. The molecule has 2 rings (SSSR count). The molecule has 27 heavy (non-hydrogen) atoms. The number of ketones is 1. The Bertz CT molecular complexity index is 756. The Hall–Kier alpha value is -3.28. The van der Waals surface area contributed by atoms with Crippen LogP contribution in [0.2, 0.25) is 0 Å². The number of nitrogens with zero attached hydrogens (tertiary/aromatic N) is 1. The van der Waals surface area contributed by atoms with E-state index in [1.165, 1.54) is 6.08 Å². The molecule has 0 bridgehead atoms. The molecule has 2 aromatic rings. The standard InChI is InChI=1S/C21H24N2O4/c1-23(2)14-12-20(24)18-8-10-19(11-9-18)26-15-13-22-21(25)27-16-17-6-4-3-5-7-17/h3-12,14H,13,15-16H2,1-2H3,(H,22,25). The maximum absolute atomic E-state index is 11.9. The van der Waals surface area contributed by atoms with E-state index < -0.39 is 6.09 Å². The van der Waals surface area contributed by atoms with Gasteiger partial charge in [-0.1, -0.05) is 30.3 Å². The Morgan fingerprint density at radius 3 is 2.41 bits per heavy atom. The first-order valence-electron chi connectivity index (χ1n) is 8.61. The molecule has 0 saturated heterocycles. The second kappa shape index (κ2) is 10.7. The van der Waals surface area contributed by atoms with Crippen LogP contribution in [0.3, 0.4) is 0 Å². The summed E-state index contributed by atoms with van der Waals surface area (Å²) in [6, 6.07) is 16.3. The van der Waals surface area contributed by atoms with Crippen LogP contribution in [0.4, 0.5) is 4.79 Å². The third-order valence-corrected chi connectivity index (χ3v) is 3.52. The highest BCUT2D eigenvalue weighted by atomic mass is 16.5. The maximum Gasteiger partial charge on any atom is 0.407 e. The number of carbonyl (C=O) groups is 2. The van der Waals surface area contributed by atoms with Crippen molar-refractivity contribution in [3.05, 3.63) is 78.0 Å². The number of hydrogen-bond donors (Lipinski definition) is 1. The predicted octanol–water partition coefficient (Wildman–Crippen LogP) is 3.25. The molecule has 0 unspecified atom stereocenters. The highest BCUT2D eigenvalue weighted by molar-refractivity contribution is 6.04. The third kappa shape index (κ3) is 7.64. The Labute approximate surface area is 159 Å². The fourth-order valence-corrected chi connectivity index (χ4v) is 2.12. The summed E-state index contributed by atoms with van der Waals surface area (Å²) in [5.74, 6) is 0.556. The highest BCUT2D eigenvalue weighted by Gasteiger charge is 2.04. The van der Waals surface area contributed by atoms with Gasteiger partial charge in [-0.15, -0.1) is 0 Å². The maximum atomic E-state index is 11.9. The number of hydrogen-bond acceptors (Lipinski definition) is 5. The molecule has 6 heteroatoms. The molecule has 0 fully saturated rings. The molecule has 0 spiro atoms. The van der Waals surface area contributed by atoms with Gasteiger partial charge in [0.25, 0.3) is 0 Å². The summed E-state index contributed by atoms with van der Waals surface area (Å²) in [6.45, 7) is 0.847. The summed E-state index contributed by atoms with van der Waals surface area (Å²) in [5, 5.41) is 2.63. The summed E-state index contributed by atoms with van der Waals surface area (Å²) in [6.07, 6.45) is 2.73. The van der Waals surface area contributed by atoms with Crippen molar-refractivity contribution < 1.29 is 19.1 Å². The molecule has 0 radical (unpaired) electrons. The average molecular weight is 368 g/mol. The third-order valence-electron chi connectivity index (χ3n) is 3.52. The highest BCUT2D eigenvalue weighted by Crippen LogP contribution is 2.13. The Morgan fingerprint density at radius 1 is 1.04 bits per heavy atom. The number of rotatable bonds is 9. The van der Waals surface area contributed by atoms with Gasteiger partial charge in [0.1, 0.15) is 19.0 Å². The van der Waals surface area contributed by atoms with Gasteiger partial charge >= 0.3 is 6.09 Å². The molecule has 0 aliphatic heterocycles. The van der Waals surface area contributed by atoms with Crippen LogP contribution in [0.25, 0.3) is 0 Å². The molecule has 0 saturated carbocycles. The van der Waals surface area contributed by atoms with Gasteiger partial charge < -0.3 is 19.7 Å². The molecule has 6 nitrogen and oxygen atoms in total. The van der Waals surface area contributed by atoms with Crippen molar-refractivity contribution in [3.63, 3.8) is 0 Å². The zero-order valence-corrected chi connectivity index (χ0v) is 15.6. The van der Waals surface area contributed by atoms with Gasteiger partial charge in [0.05, 0.1) is 6.54 Å². The molecular formula is C21H24N2O4. The number of carbonyl (C=O) groups excluding carboxylic acids is 2. The molecule has 0 aromatic heterocycles. The van der Waals surface area contributed by atoms with Gasteiger partial charge in [0.2, 0.25) is 0 Å². The average Bonchev–Trinajstić information content (AvgIpc) is 2.69. The van der Waals surface area contributed by atoms with Gasteiger partial charge in [-0.2, -0.15) is 0 Å².